The predicted molar refractivity (Wildman–Crippen MR) is 105 cm³/mol. The van der Waals surface area contributed by atoms with Crippen LogP contribution in [0.3, 0.4) is 0 Å². The fraction of sp³-hybridized carbons (Fsp3) is 0.100. The third-order valence-electron chi connectivity index (χ3n) is 4.47. The second-order valence-electron chi connectivity index (χ2n) is 6.23. The summed E-state index contributed by atoms with van der Waals surface area (Å²) >= 11 is 0. The van der Waals surface area contributed by atoms with Crippen molar-refractivity contribution in [2.75, 3.05) is 0 Å². The summed E-state index contributed by atoms with van der Waals surface area (Å²) in [5, 5.41) is 10.1. The Morgan fingerprint density at radius 3 is 2.56 bits per heavy atom. The lowest BCUT2D eigenvalue weighted by Crippen LogP contribution is -2.27. The molecule has 2 N–H and O–H groups in total. The highest BCUT2D eigenvalue weighted by Gasteiger charge is 2.15. The topological polar surface area (TPSA) is 92.1 Å². The molecule has 2 aromatic carbocycles. The molecule has 27 heavy (non-hydrogen) atoms. The number of amides is 1. The van der Waals surface area contributed by atoms with Gasteiger partial charge in [0.05, 0.1) is 11.6 Å². The van der Waals surface area contributed by atoms with E-state index < -0.39 is 5.91 Å². The number of nitrogens with one attached hydrogen (secondary N) is 2. The van der Waals surface area contributed by atoms with Crippen molar-refractivity contribution < 1.29 is 4.79 Å². The maximum absolute atomic E-state index is 12.6. The standard InChI is InChI=1S/C20H17N5O2/c1-12-16(13-7-5-6-10-17(13)22-12)11-21-23-19(26)18-14-8-3-4-9-15(14)20(27)25(2)24-18/h3-11,22H,1-2H3,(H,23,26)/b21-11+. The van der Waals surface area contributed by atoms with Crippen molar-refractivity contribution in [1.82, 2.24) is 20.2 Å². The molecule has 7 heteroatoms. The minimum absolute atomic E-state index is 0.153. The number of para-hydroxylation sites is 1. The minimum atomic E-state index is -0.476. The second kappa shape index (κ2) is 6.53. The van der Waals surface area contributed by atoms with Crippen LogP contribution < -0.4 is 11.0 Å². The molecule has 4 aromatic rings. The molecule has 0 spiro atoms. The Labute approximate surface area is 154 Å². The Morgan fingerprint density at radius 2 is 1.78 bits per heavy atom. The number of aromatic nitrogens is 3. The number of aryl methyl sites for hydroxylation is 2. The molecule has 0 saturated carbocycles. The predicted octanol–water partition coefficient (Wildman–Crippen LogP) is 2.49. The Morgan fingerprint density at radius 1 is 1.11 bits per heavy atom. The second-order valence-corrected chi connectivity index (χ2v) is 6.23. The fourth-order valence-corrected chi connectivity index (χ4v) is 3.14. The van der Waals surface area contributed by atoms with Gasteiger partial charge in [-0.1, -0.05) is 36.4 Å². The van der Waals surface area contributed by atoms with Crippen molar-refractivity contribution in [1.29, 1.82) is 0 Å². The number of rotatable bonds is 3. The number of hydrogen-bond acceptors (Lipinski definition) is 4. The van der Waals surface area contributed by atoms with Crippen LogP contribution in [0.4, 0.5) is 0 Å². The fourth-order valence-electron chi connectivity index (χ4n) is 3.14. The van der Waals surface area contributed by atoms with E-state index in [0.717, 1.165) is 26.8 Å². The van der Waals surface area contributed by atoms with Crippen molar-refractivity contribution in [2.24, 2.45) is 12.1 Å². The molecule has 2 aromatic heterocycles. The largest absolute Gasteiger partial charge is 0.358 e. The van der Waals surface area contributed by atoms with Crippen LogP contribution in [0.2, 0.25) is 0 Å². The van der Waals surface area contributed by atoms with Gasteiger partial charge in [-0.25, -0.2) is 10.1 Å². The lowest BCUT2D eigenvalue weighted by atomic mass is 10.1. The molecule has 7 nitrogen and oxygen atoms in total. The Kier molecular flexibility index (Phi) is 4.04. The maximum Gasteiger partial charge on any atom is 0.292 e. The molecule has 0 aliphatic rings. The van der Waals surface area contributed by atoms with Gasteiger partial charge in [0, 0.05) is 34.6 Å². The van der Waals surface area contributed by atoms with Gasteiger partial charge in [0.1, 0.15) is 0 Å². The molecule has 0 unspecified atom stereocenters. The van der Waals surface area contributed by atoms with Crippen molar-refractivity contribution in [3.63, 3.8) is 0 Å². The number of benzene rings is 2. The van der Waals surface area contributed by atoms with Crippen LogP contribution in [0.15, 0.2) is 58.4 Å². The number of carbonyl (C=O) groups excluding carboxylic acids is 1. The monoisotopic (exact) mass is 359 g/mol. The van der Waals surface area contributed by atoms with Gasteiger partial charge in [0.15, 0.2) is 5.69 Å². The zero-order valence-electron chi connectivity index (χ0n) is 14.9. The number of hydrogen-bond donors (Lipinski definition) is 2. The van der Waals surface area contributed by atoms with Gasteiger partial charge in [0.25, 0.3) is 11.5 Å². The lowest BCUT2D eigenvalue weighted by molar-refractivity contribution is 0.0950. The maximum atomic E-state index is 12.6. The number of nitrogens with zero attached hydrogens (tertiary/aromatic N) is 3. The normalized spacial score (nSPS) is 11.5. The molecule has 0 saturated heterocycles. The summed E-state index contributed by atoms with van der Waals surface area (Å²) < 4.78 is 1.16. The zero-order valence-corrected chi connectivity index (χ0v) is 14.9. The van der Waals surface area contributed by atoms with Crippen molar-refractivity contribution >= 4 is 33.8 Å². The van der Waals surface area contributed by atoms with Crippen LogP contribution >= 0.6 is 0 Å². The van der Waals surface area contributed by atoms with Crippen LogP contribution in [0.5, 0.6) is 0 Å². The summed E-state index contributed by atoms with van der Waals surface area (Å²) in [6.07, 6.45) is 1.61. The van der Waals surface area contributed by atoms with Crippen LogP contribution in [-0.4, -0.2) is 26.9 Å². The van der Waals surface area contributed by atoms with Crippen molar-refractivity contribution in [2.45, 2.75) is 6.92 Å². The first kappa shape index (κ1) is 16.7. The summed E-state index contributed by atoms with van der Waals surface area (Å²) in [6.45, 7) is 1.95. The summed E-state index contributed by atoms with van der Waals surface area (Å²) in [4.78, 5) is 28.0. The Balaban J connectivity index is 1.66. The minimum Gasteiger partial charge on any atom is -0.358 e. The molecule has 0 aliphatic carbocycles. The van der Waals surface area contributed by atoms with Gasteiger partial charge in [-0.3, -0.25) is 9.59 Å². The highest BCUT2D eigenvalue weighted by atomic mass is 16.2. The molecular weight excluding hydrogens is 342 g/mol. The molecule has 134 valence electrons. The number of hydrazone groups is 1. The van der Waals surface area contributed by atoms with E-state index in [-0.39, 0.29) is 11.3 Å². The van der Waals surface area contributed by atoms with Crippen molar-refractivity contribution in [3.8, 4) is 0 Å². The molecule has 0 radical (unpaired) electrons. The first-order valence-corrected chi connectivity index (χ1v) is 8.43. The van der Waals surface area contributed by atoms with Crippen LogP contribution in [0.1, 0.15) is 21.7 Å². The van der Waals surface area contributed by atoms with Crippen LogP contribution in [0, 0.1) is 6.92 Å². The van der Waals surface area contributed by atoms with Gasteiger partial charge in [-0.05, 0) is 19.1 Å². The lowest BCUT2D eigenvalue weighted by Gasteiger charge is -2.06. The first-order valence-electron chi connectivity index (χ1n) is 8.43. The molecule has 1 amide bonds. The highest BCUT2D eigenvalue weighted by Crippen LogP contribution is 2.20. The van der Waals surface area contributed by atoms with E-state index in [4.69, 9.17) is 0 Å². The van der Waals surface area contributed by atoms with E-state index in [0.29, 0.717) is 10.8 Å². The van der Waals surface area contributed by atoms with E-state index in [9.17, 15) is 9.59 Å². The van der Waals surface area contributed by atoms with E-state index >= 15 is 0 Å². The molecule has 4 rings (SSSR count). The van der Waals surface area contributed by atoms with Gasteiger partial charge in [0.2, 0.25) is 0 Å². The first-order chi connectivity index (χ1) is 13.1. The van der Waals surface area contributed by atoms with Gasteiger partial charge in [-0.15, -0.1) is 0 Å². The summed E-state index contributed by atoms with van der Waals surface area (Å²) in [5.41, 5.74) is 5.28. The number of fused-ring (bicyclic) bond motifs is 2. The van der Waals surface area contributed by atoms with E-state index in [1.807, 2.05) is 31.2 Å². The third-order valence-corrected chi connectivity index (χ3v) is 4.47. The van der Waals surface area contributed by atoms with E-state index in [2.05, 4.69) is 20.6 Å². The third kappa shape index (κ3) is 2.89. The Hall–Kier alpha value is -3.74. The molecule has 0 atom stereocenters. The highest BCUT2D eigenvalue weighted by molar-refractivity contribution is 6.05. The molecular formula is C20H17N5O2. The SMILES string of the molecule is Cc1[nH]c2ccccc2c1/C=N/NC(=O)c1nn(C)c(=O)c2ccccc12. The number of H-pyrrole nitrogens is 1. The summed E-state index contributed by atoms with van der Waals surface area (Å²) in [6, 6.07) is 14.8. The van der Waals surface area contributed by atoms with Crippen molar-refractivity contribution in [3.05, 3.63) is 75.8 Å². The molecule has 0 bridgehead atoms. The average molecular weight is 359 g/mol. The summed E-state index contributed by atoms with van der Waals surface area (Å²) in [5.74, 6) is -0.476. The number of carbonyl (C=O) groups is 1. The van der Waals surface area contributed by atoms with Gasteiger partial charge >= 0.3 is 0 Å². The summed E-state index contributed by atoms with van der Waals surface area (Å²) in [7, 11) is 1.52. The average Bonchev–Trinajstić information content (AvgIpc) is 3.00. The molecule has 2 heterocycles. The van der Waals surface area contributed by atoms with E-state index in [1.165, 1.54) is 7.05 Å². The van der Waals surface area contributed by atoms with Crippen LogP contribution in [-0.2, 0) is 7.05 Å². The molecule has 0 aliphatic heterocycles. The number of aromatic amines is 1. The van der Waals surface area contributed by atoms with Crippen LogP contribution in [0.25, 0.3) is 21.7 Å². The molecule has 0 fully saturated rings. The zero-order chi connectivity index (χ0) is 19.0. The van der Waals surface area contributed by atoms with Gasteiger partial charge < -0.3 is 4.98 Å². The van der Waals surface area contributed by atoms with E-state index in [1.54, 1.807) is 30.5 Å². The quantitative estimate of drug-likeness (QED) is 0.435. The Bertz CT molecular complexity index is 1270. The van der Waals surface area contributed by atoms with Gasteiger partial charge in [-0.2, -0.15) is 10.2 Å². The smallest absolute Gasteiger partial charge is 0.292 e.